The summed E-state index contributed by atoms with van der Waals surface area (Å²) >= 11 is 0. The molecule has 1 saturated heterocycles. The standard InChI is InChI=1S/C17H21FN6O/c18-14-3-1-4-15(13-14)25-12-7-20-16(19)23-8-10-24(11-9-23)17-21-5-2-6-22-17/h1-6,13H,7-12H2,(H2,19,20). The fourth-order valence-electron chi connectivity index (χ4n) is 2.57. The van der Waals surface area contributed by atoms with Crippen LogP contribution in [-0.2, 0) is 0 Å². The van der Waals surface area contributed by atoms with Crippen LogP contribution in [0.4, 0.5) is 10.3 Å². The molecule has 25 heavy (non-hydrogen) atoms. The van der Waals surface area contributed by atoms with Crippen LogP contribution in [0.2, 0.25) is 0 Å². The second-order valence-electron chi connectivity index (χ2n) is 5.57. The van der Waals surface area contributed by atoms with Gasteiger partial charge in [0.2, 0.25) is 5.95 Å². The van der Waals surface area contributed by atoms with Gasteiger partial charge in [0.1, 0.15) is 18.2 Å². The zero-order valence-electron chi connectivity index (χ0n) is 13.9. The fraction of sp³-hybridized carbons (Fsp3) is 0.353. The number of nitrogens with zero attached hydrogens (tertiary/aromatic N) is 5. The Kier molecular flexibility index (Phi) is 5.61. The maximum atomic E-state index is 13.1. The Balaban J connectivity index is 1.42. The Bertz CT molecular complexity index is 703. The van der Waals surface area contributed by atoms with Crippen molar-refractivity contribution in [2.24, 2.45) is 10.7 Å². The van der Waals surface area contributed by atoms with Crippen LogP contribution in [0.25, 0.3) is 0 Å². The normalized spacial score (nSPS) is 15.3. The predicted octanol–water partition coefficient (Wildman–Crippen LogP) is 1.13. The molecule has 0 amide bonds. The number of aliphatic imine (C=N–C) groups is 1. The van der Waals surface area contributed by atoms with Gasteiger partial charge in [-0.15, -0.1) is 0 Å². The van der Waals surface area contributed by atoms with E-state index in [1.807, 2.05) is 4.90 Å². The number of ether oxygens (including phenoxy) is 1. The second kappa shape index (κ2) is 8.27. The predicted molar refractivity (Wildman–Crippen MR) is 94.2 cm³/mol. The number of rotatable bonds is 5. The smallest absolute Gasteiger partial charge is 0.225 e. The van der Waals surface area contributed by atoms with Gasteiger partial charge in [0.05, 0.1) is 6.54 Å². The average molecular weight is 344 g/mol. The van der Waals surface area contributed by atoms with E-state index in [2.05, 4.69) is 19.9 Å². The Morgan fingerprint density at radius 2 is 1.92 bits per heavy atom. The van der Waals surface area contributed by atoms with Gasteiger partial charge in [-0.05, 0) is 18.2 Å². The van der Waals surface area contributed by atoms with Crippen molar-refractivity contribution in [1.29, 1.82) is 0 Å². The number of piperazine rings is 1. The summed E-state index contributed by atoms with van der Waals surface area (Å²) in [5.74, 6) is 1.41. The van der Waals surface area contributed by atoms with Crippen molar-refractivity contribution in [3.8, 4) is 5.75 Å². The molecule has 2 heterocycles. The molecule has 7 nitrogen and oxygen atoms in total. The molecule has 2 aromatic rings. The number of halogens is 1. The summed E-state index contributed by atoms with van der Waals surface area (Å²) in [6.07, 6.45) is 3.48. The van der Waals surface area contributed by atoms with Crippen molar-refractivity contribution in [2.45, 2.75) is 0 Å². The van der Waals surface area contributed by atoms with Gasteiger partial charge in [0.25, 0.3) is 0 Å². The van der Waals surface area contributed by atoms with E-state index in [1.54, 1.807) is 30.6 Å². The highest BCUT2D eigenvalue weighted by atomic mass is 19.1. The number of anilines is 1. The maximum absolute atomic E-state index is 13.1. The van der Waals surface area contributed by atoms with Crippen LogP contribution in [-0.4, -0.2) is 60.2 Å². The zero-order valence-corrected chi connectivity index (χ0v) is 13.9. The number of hydrogen-bond donors (Lipinski definition) is 1. The SMILES string of the molecule is NC(=NCCOc1cccc(F)c1)N1CCN(c2ncccn2)CC1. The largest absolute Gasteiger partial charge is 0.492 e. The fourth-order valence-corrected chi connectivity index (χ4v) is 2.57. The van der Waals surface area contributed by atoms with Crippen molar-refractivity contribution in [3.63, 3.8) is 0 Å². The van der Waals surface area contributed by atoms with Gasteiger partial charge in [-0.3, -0.25) is 0 Å². The molecule has 8 heteroatoms. The van der Waals surface area contributed by atoms with Crippen LogP contribution in [0.3, 0.4) is 0 Å². The second-order valence-corrected chi connectivity index (χ2v) is 5.57. The summed E-state index contributed by atoms with van der Waals surface area (Å²) in [6, 6.07) is 7.84. The minimum atomic E-state index is -0.319. The van der Waals surface area contributed by atoms with Gasteiger partial charge in [0.15, 0.2) is 5.96 Å². The van der Waals surface area contributed by atoms with Crippen molar-refractivity contribution in [2.75, 3.05) is 44.2 Å². The first-order chi connectivity index (χ1) is 12.2. The van der Waals surface area contributed by atoms with Crippen LogP contribution in [0.15, 0.2) is 47.7 Å². The number of guanidine groups is 1. The molecule has 2 N–H and O–H groups in total. The van der Waals surface area contributed by atoms with Gasteiger partial charge < -0.3 is 20.3 Å². The van der Waals surface area contributed by atoms with Crippen LogP contribution >= 0.6 is 0 Å². The van der Waals surface area contributed by atoms with Gasteiger partial charge >= 0.3 is 0 Å². The number of benzene rings is 1. The molecule has 1 aromatic carbocycles. The Labute approximate surface area is 146 Å². The monoisotopic (exact) mass is 344 g/mol. The molecule has 0 atom stereocenters. The summed E-state index contributed by atoms with van der Waals surface area (Å²) in [5, 5.41) is 0. The van der Waals surface area contributed by atoms with Gasteiger partial charge in [0, 0.05) is 44.6 Å². The molecule has 1 aromatic heterocycles. The molecule has 0 bridgehead atoms. The molecule has 0 radical (unpaired) electrons. The first-order valence-electron chi connectivity index (χ1n) is 8.17. The Morgan fingerprint density at radius 1 is 1.16 bits per heavy atom. The third kappa shape index (κ3) is 4.79. The van der Waals surface area contributed by atoms with Crippen molar-refractivity contribution in [3.05, 3.63) is 48.5 Å². The molecule has 0 aliphatic carbocycles. The van der Waals surface area contributed by atoms with E-state index in [1.165, 1.54) is 12.1 Å². The van der Waals surface area contributed by atoms with Gasteiger partial charge in [-0.1, -0.05) is 6.07 Å². The van der Waals surface area contributed by atoms with E-state index in [4.69, 9.17) is 10.5 Å². The van der Waals surface area contributed by atoms with E-state index >= 15 is 0 Å². The van der Waals surface area contributed by atoms with Crippen LogP contribution in [0, 0.1) is 5.82 Å². The summed E-state index contributed by atoms with van der Waals surface area (Å²) in [6.45, 7) is 3.88. The van der Waals surface area contributed by atoms with Gasteiger partial charge in [-0.2, -0.15) is 0 Å². The summed E-state index contributed by atoms with van der Waals surface area (Å²) in [4.78, 5) is 17.0. The molecular formula is C17H21FN6O. The van der Waals surface area contributed by atoms with Crippen LogP contribution in [0.5, 0.6) is 5.75 Å². The lowest BCUT2D eigenvalue weighted by Crippen LogP contribution is -2.51. The van der Waals surface area contributed by atoms with Crippen molar-refractivity contribution in [1.82, 2.24) is 14.9 Å². The third-order valence-electron chi connectivity index (χ3n) is 3.87. The lowest BCUT2D eigenvalue weighted by atomic mass is 10.3. The lowest BCUT2D eigenvalue weighted by Gasteiger charge is -2.35. The first-order valence-corrected chi connectivity index (χ1v) is 8.17. The molecule has 3 rings (SSSR count). The minimum absolute atomic E-state index is 0.319. The Hall–Kier alpha value is -2.90. The first kappa shape index (κ1) is 16.9. The molecular weight excluding hydrogens is 323 g/mol. The number of aromatic nitrogens is 2. The third-order valence-corrected chi connectivity index (χ3v) is 3.87. The van der Waals surface area contributed by atoms with Gasteiger partial charge in [-0.25, -0.2) is 19.4 Å². The van der Waals surface area contributed by atoms with E-state index in [9.17, 15) is 4.39 Å². The Morgan fingerprint density at radius 3 is 2.64 bits per heavy atom. The zero-order chi connectivity index (χ0) is 17.5. The van der Waals surface area contributed by atoms with E-state index in [0.29, 0.717) is 24.9 Å². The van der Waals surface area contributed by atoms with E-state index < -0.39 is 0 Å². The highest BCUT2D eigenvalue weighted by Gasteiger charge is 2.19. The number of nitrogens with two attached hydrogens (primary N) is 1. The quantitative estimate of drug-likeness (QED) is 0.498. The summed E-state index contributed by atoms with van der Waals surface area (Å²) in [5.41, 5.74) is 6.05. The summed E-state index contributed by atoms with van der Waals surface area (Å²) < 4.78 is 18.5. The number of hydrogen-bond acceptors (Lipinski definition) is 5. The topological polar surface area (TPSA) is 79.9 Å². The molecule has 1 aliphatic rings. The molecule has 0 spiro atoms. The minimum Gasteiger partial charge on any atom is -0.492 e. The maximum Gasteiger partial charge on any atom is 0.225 e. The molecule has 1 aliphatic heterocycles. The van der Waals surface area contributed by atoms with E-state index in [-0.39, 0.29) is 5.82 Å². The molecule has 0 unspecified atom stereocenters. The van der Waals surface area contributed by atoms with Crippen LogP contribution in [0.1, 0.15) is 0 Å². The molecule has 1 fully saturated rings. The van der Waals surface area contributed by atoms with Crippen molar-refractivity contribution < 1.29 is 9.13 Å². The molecule has 132 valence electrons. The summed E-state index contributed by atoms with van der Waals surface area (Å²) in [7, 11) is 0. The van der Waals surface area contributed by atoms with E-state index in [0.717, 1.165) is 32.1 Å². The van der Waals surface area contributed by atoms with Crippen molar-refractivity contribution >= 4 is 11.9 Å². The highest BCUT2D eigenvalue weighted by Crippen LogP contribution is 2.12. The van der Waals surface area contributed by atoms with Crippen LogP contribution < -0.4 is 15.4 Å². The average Bonchev–Trinajstić information content (AvgIpc) is 2.66. The molecule has 0 saturated carbocycles. The lowest BCUT2D eigenvalue weighted by molar-refractivity contribution is 0.324. The highest BCUT2D eigenvalue weighted by molar-refractivity contribution is 5.78.